The third-order valence-corrected chi connectivity index (χ3v) is 1.76. The third-order valence-electron chi connectivity index (χ3n) is 1.76. The first-order valence-corrected chi connectivity index (χ1v) is 3.77. The zero-order valence-corrected chi connectivity index (χ0v) is 7.14. The largest absolute Gasteiger partial charge is 0.508 e. The number of phenols is 1. The van der Waals surface area contributed by atoms with E-state index in [-0.39, 0.29) is 16.9 Å². The van der Waals surface area contributed by atoms with Crippen molar-refractivity contribution in [2.45, 2.75) is 6.04 Å². The highest BCUT2D eigenvalue weighted by molar-refractivity contribution is 5.76. The summed E-state index contributed by atoms with van der Waals surface area (Å²) in [6, 6.07) is 4.40. The topological polar surface area (TPSA) is 107 Å². The molecule has 0 aliphatic rings. The van der Waals surface area contributed by atoms with E-state index in [0.29, 0.717) is 0 Å². The van der Waals surface area contributed by atoms with Crippen LogP contribution < -0.4 is 5.73 Å². The van der Waals surface area contributed by atoms with Gasteiger partial charge in [0.1, 0.15) is 11.8 Å². The number of nitrogens with two attached hydrogens (primary N) is 1. The van der Waals surface area contributed by atoms with Crippen LogP contribution in [0.4, 0.5) is 0 Å². The molecule has 4 N–H and O–H groups in total. The third kappa shape index (κ3) is 1.81. The number of hydrogen-bond donors (Lipinski definition) is 3. The van der Waals surface area contributed by atoms with Gasteiger partial charge in [-0.3, -0.25) is 4.79 Å². The smallest absolute Gasteiger partial charge is 0.325 e. The normalized spacial score (nSPS) is 11.7. The van der Waals surface area contributed by atoms with Gasteiger partial charge in [-0.2, -0.15) is 5.26 Å². The summed E-state index contributed by atoms with van der Waals surface area (Å²) in [6.45, 7) is 0. The van der Waals surface area contributed by atoms with Crippen LogP contribution in [0.5, 0.6) is 5.75 Å². The van der Waals surface area contributed by atoms with Crippen molar-refractivity contribution >= 4 is 5.97 Å². The van der Waals surface area contributed by atoms with Crippen LogP contribution in [0, 0.1) is 11.3 Å². The predicted octanol–water partition coefficient (Wildman–Crippen LogP) is 0.348. The van der Waals surface area contributed by atoms with Gasteiger partial charge in [-0.1, -0.05) is 0 Å². The van der Waals surface area contributed by atoms with Crippen molar-refractivity contribution in [2.24, 2.45) is 5.73 Å². The van der Waals surface area contributed by atoms with Crippen LogP contribution in [0.3, 0.4) is 0 Å². The van der Waals surface area contributed by atoms with Crippen molar-refractivity contribution in [1.29, 1.82) is 5.26 Å². The molecule has 14 heavy (non-hydrogen) atoms. The van der Waals surface area contributed by atoms with Crippen molar-refractivity contribution in [1.82, 2.24) is 0 Å². The lowest BCUT2D eigenvalue weighted by Crippen LogP contribution is -2.20. The van der Waals surface area contributed by atoms with E-state index < -0.39 is 12.0 Å². The highest BCUT2D eigenvalue weighted by Gasteiger charge is 2.18. The van der Waals surface area contributed by atoms with E-state index in [1.54, 1.807) is 0 Å². The molecule has 5 nitrogen and oxygen atoms in total. The van der Waals surface area contributed by atoms with Gasteiger partial charge in [-0.15, -0.1) is 0 Å². The number of rotatable bonds is 2. The summed E-state index contributed by atoms with van der Waals surface area (Å²) in [4.78, 5) is 10.5. The second-order valence-electron chi connectivity index (χ2n) is 2.70. The Bertz CT molecular complexity index is 409. The van der Waals surface area contributed by atoms with Crippen molar-refractivity contribution in [2.75, 3.05) is 0 Å². The molecular weight excluding hydrogens is 184 g/mol. The number of nitrogens with zero attached hydrogens (tertiary/aromatic N) is 1. The van der Waals surface area contributed by atoms with E-state index in [0.717, 1.165) is 0 Å². The molecule has 0 aromatic heterocycles. The molecule has 0 saturated heterocycles. The van der Waals surface area contributed by atoms with Crippen LogP contribution in [-0.2, 0) is 4.79 Å². The van der Waals surface area contributed by atoms with Crippen molar-refractivity contribution in [3.05, 3.63) is 29.3 Å². The summed E-state index contributed by atoms with van der Waals surface area (Å²) in [5.41, 5.74) is 5.59. The van der Waals surface area contributed by atoms with Crippen molar-refractivity contribution in [3.8, 4) is 11.8 Å². The van der Waals surface area contributed by atoms with E-state index in [1.165, 1.54) is 18.2 Å². The monoisotopic (exact) mass is 192 g/mol. The van der Waals surface area contributed by atoms with Crippen LogP contribution in [0.25, 0.3) is 0 Å². The summed E-state index contributed by atoms with van der Waals surface area (Å²) >= 11 is 0. The van der Waals surface area contributed by atoms with E-state index in [9.17, 15) is 9.90 Å². The molecule has 0 aliphatic heterocycles. The van der Waals surface area contributed by atoms with Crippen LogP contribution in [0.15, 0.2) is 18.2 Å². The van der Waals surface area contributed by atoms with Gasteiger partial charge in [0.25, 0.3) is 0 Å². The zero-order valence-electron chi connectivity index (χ0n) is 7.14. The van der Waals surface area contributed by atoms with E-state index >= 15 is 0 Å². The second kappa shape index (κ2) is 3.77. The molecule has 0 saturated carbocycles. The molecule has 1 aromatic rings. The van der Waals surface area contributed by atoms with Gasteiger partial charge in [-0.25, -0.2) is 0 Å². The first-order valence-electron chi connectivity index (χ1n) is 3.77. The first kappa shape index (κ1) is 10.0. The molecule has 1 rings (SSSR count). The fourth-order valence-electron chi connectivity index (χ4n) is 1.01. The van der Waals surface area contributed by atoms with Gasteiger partial charge >= 0.3 is 5.97 Å². The zero-order chi connectivity index (χ0) is 10.7. The van der Waals surface area contributed by atoms with Gasteiger partial charge < -0.3 is 15.9 Å². The Kier molecular flexibility index (Phi) is 2.70. The maximum absolute atomic E-state index is 10.5. The molecule has 0 heterocycles. The minimum atomic E-state index is -1.32. The Morgan fingerprint density at radius 3 is 2.71 bits per heavy atom. The summed E-state index contributed by atoms with van der Waals surface area (Å²) in [5, 5.41) is 26.5. The number of phenolic OH excluding ortho intramolecular Hbond substituents is 1. The highest BCUT2D eigenvalue weighted by atomic mass is 16.4. The van der Waals surface area contributed by atoms with Crippen molar-refractivity contribution < 1.29 is 15.0 Å². The molecule has 0 unspecified atom stereocenters. The van der Waals surface area contributed by atoms with Crippen LogP contribution in [-0.4, -0.2) is 16.2 Å². The molecule has 5 heteroatoms. The number of hydrogen-bond acceptors (Lipinski definition) is 4. The predicted molar refractivity (Wildman–Crippen MR) is 47.4 cm³/mol. The average Bonchev–Trinajstić information content (AvgIpc) is 2.17. The van der Waals surface area contributed by atoms with Gasteiger partial charge in [-0.05, 0) is 18.2 Å². The maximum atomic E-state index is 10.5. The van der Waals surface area contributed by atoms with Gasteiger partial charge in [0.2, 0.25) is 0 Å². The Hall–Kier alpha value is -2.06. The summed E-state index contributed by atoms with van der Waals surface area (Å²) in [7, 11) is 0. The van der Waals surface area contributed by atoms with Crippen molar-refractivity contribution in [3.63, 3.8) is 0 Å². The fraction of sp³-hybridized carbons (Fsp3) is 0.111. The Morgan fingerprint density at radius 1 is 1.57 bits per heavy atom. The lowest BCUT2D eigenvalue weighted by Gasteiger charge is -2.08. The number of carbonyl (C=O) groups is 1. The Balaban J connectivity index is 3.20. The number of aliphatic carboxylic acids is 1. The number of carboxylic acid groups (broad SMARTS) is 1. The van der Waals surface area contributed by atoms with E-state index in [1.807, 2.05) is 6.07 Å². The molecule has 72 valence electrons. The fourth-order valence-corrected chi connectivity index (χ4v) is 1.01. The SMILES string of the molecule is N#Cc1ccc(O)c([C@H](N)C(=O)O)c1. The van der Waals surface area contributed by atoms with E-state index in [2.05, 4.69) is 0 Å². The molecule has 0 aliphatic carbocycles. The Labute approximate surface area is 80.0 Å². The van der Waals surface area contributed by atoms with Crippen LogP contribution in [0.1, 0.15) is 17.2 Å². The number of aromatic hydroxyl groups is 1. The molecule has 0 bridgehead atoms. The average molecular weight is 192 g/mol. The number of carboxylic acids is 1. The molecule has 0 amide bonds. The van der Waals surface area contributed by atoms with Crippen LogP contribution >= 0.6 is 0 Å². The standard InChI is InChI=1S/C9H8N2O3/c10-4-5-1-2-7(12)6(3-5)8(11)9(13)14/h1-3,8,12H,11H2,(H,13,14)/t8-/m0/s1. The highest BCUT2D eigenvalue weighted by Crippen LogP contribution is 2.23. The summed E-state index contributed by atoms with van der Waals surface area (Å²) in [6.07, 6.45) is 0. The molecular formula is C9H8N2O3. The minimum absolute atomic E-state index is 0.0385. The lowest BCUT2D eigenvalue weighted by molar-refractivity contribution is -0.138. The number of nitriles is 1. The second-order valence-corrected chi connectivity index (χ2v) is 2.70. The quantitative estimate of drug-likeness (QED) is 0.626. The molecule has 0 fully saturated rings. The molecule has 0 radical (unpaired) electrons. The summed E-state index contributed by atoms with van der Waals surface area (Å²) in [5.74, 6) is -1.48. The molecule has 1 atom stereocenters. The lowest BCUT2D eigenvalue weighted by atomic mass is 10.0. The Morgan fingerprint density at radius 2 is 2.21 bits per heavy atom. The first-order chi connectivity index (χ1) is 6.56. The maximum Gasteiger partial charge on any atom is 0.325 e. The molecule has 1 aromatic carbocycles. The van der Waals surface area contributed by atoms with E-state index in [4.69, 9.17) is 16.1 Å². The molecule has 0 spiro atoms. The van der Waals surface area contributed by atoms with Crippen LogP contribution in [0.2, 0.25) is 0 Å². The number of benzene rings is 1. The van der Waals surface area contributed by atoms with Gasteiger partial charge in [0.15, 0.2) is 0 Å². The van der Waals surface area contributed by atoms with Gasteiger partial charge in [0, 0.05) is 5.56 Å². The minimum Gasteiger partial charge on any atom is -0.508 e. The van der Waals surface area contributed by atoms with Gasteiger partial charge in [0.05, 0.1) is 11.6 Å². The summed E-state index contributed by atoms with van der Waals surface area (Å²) < 4.78 is 0.